The molecule has 1 aromatic heterocycles. The fourth-order valence-electron chi connectivity index (χ4n) is 3.38. The van der Waals surface area contributed by atoms with Gasteiger partial charge in [-0.15, -0.1) is 0 Å². The highest BCUT2D eigenvalue weighted by molar-refractivity contribution is 5.06. The van der Waals surface area contributed by atoms with E-state index < -0.39 is 12.1 Å². The van der Waals surface area contributed by atoms with E-state index in [1.807, 2.05) is 0 Å². The molecule has 0 aromatic carbocycles. The van der Waals surface area contributed by atoms with Gasteiger partial charge in [-0.3, -0.25) is 0 Å². The quantitative estimate of drug-likeness (QED) is 0.841. The van der Waals surface area contributed by atoms with Crippen molar-refractivity contribution in [1.29, 1.82) is 0 Å². The van der Waals surface area contributed by atoms with E-state index in [0.29, 0.717) is 23.9 Å². The third-order valence-corrected chi connectivity index (χ3v) is 4.73. The highest BCUT2D eigenvalue weighted by atomic mass is 16.5. The normalized spacial score (nSPS) is 34.4. The van der Waals surface area contributed by atoms with Crippen molar-refractivity contribution < 1.29 is 9.63 Å². The summed E-state index contributed by atoms with van der Waals surface area (Å²) in [5.74, 6) is 1.47. The van der Waals surface area contributed by atoms with Crippen LogP contribution in [0.25, 0.3) is 0 Å². The third kappa shape index (κ3) is 2.28. The summed E-state index contributed by atoms with van der Waals surface area (Å²) in [7, 11) is 2.21. The molecule has 2 aliphatic rings. The molecule has 2 fully saturated rings. The molecule has 3 rings (SSSR count). The number of hydrogen-bond acceptors (Lipinski definition) is 6. The van der Waals surface area contributed by atoms with E-state index >= 15 is 0 Å². The van der Waals surface area contributed by atoms with E-state index in [2.05, 4.69) is 22.1 Å². The summed E-state index contributed by atoms with van der Waals surface area (Å²) in [6.07, 6.45) is 4.05. The molecule has 0 spiro atoms. The first-order valence-electron chi connectivity index (χ1n) is 7.05. The number of aromatic nitrogens is 2. The molecule has 1 aromatic rings. The number of nitrogens with zero attached hydrogens (tertiary/aromatic N) is 3. The molecule has 0 amide bonds. The molecule has 19 heavy (non-hydrogen) atoms. The number of rotatable bonds is 3. The second-order valence-corrected chi connectivity index (χ2v) is 5.98. The van der Waals surface area contributed by atoms with E-state index in [9.17, 15) is 5.11 Å². The lowest BCUT2D eigenvalue weighted by Crippen LogP contribution is -2.39. The van der Waals surface area contributed by atoms with Gasteiger partial charge < -0.3 is 20.3 Å². The highest BCUT2D eigenvalue weighted by Crippen LogP contribution is 2.41. The molecule has 0 aliphatic carbocycles. The van der Waals surface area contributed by atoms with Crippen LogP contribution in [0.15, 0.2) is 4.52 Å². The van der Waals surface area contributed by atoms with Gasteiger partial charge in [0.05, 0.1) is 6.10 Å². The Morgan fingerprint density at radius 2 is 2.00 bits per heavy atom. The van der Waals surface area contributed by atoms with Gasteiger partial charge in [-0.25, -0.2) is 0 Å². The van der Waals surface area contributed by atoms with E-state index in [-0.39, 0.29) is 0 Å². The Labute approximate surface area is 113 Å². The van der Waals surface area contributed by atoms with E-state index in [1.54, 1.807) is 6.92 Å². The number of fused-ring (bicyclic) bond motifs is 2. The molecule has 2 aliphatic heterocycles. The molecule has 6 heteroatoms. The largest absolute Gasteiger partial charge is 0.391 e. The molecule has 2 saturated heterocycles. The first-order chi connectivity index (χ1) is 9.06. The topological polar surface area (TPSA) is 88.4 Å². The van der Waals surface area contributed by atoms with Crippen molar-refractivity contribution in [2.24, 2.45) is 5.73 Å². The molecule has 0 saturated carbocycles. The van der Waals surface area contributed by atoms with Gasteiger partial charge in [-0.1, -0.05) is 5.16 Å². The Morgan fingerprint density at radius 1 is 1.37 bits per heavy atom. The van der Waals surface area contributed by atoms with E-state index in [1.165, 1.54) is 12.8 Å². The Balaban J connectivity index is 1.74. The summed E-state index contributed by atoms with van der Waals surface area (Å²) in [6, 6.07) is 0.705. The standard InChI is InChI=1S/C13H22N4O2/c1-7(18)11(14)13-15-12(16-19-13)8-5-9-3-4-10(6-8)17(9)2/h7-11,18H,3-6,14H2,1-2H3/t7-,8?,9?,10?,11+/m1/s1. The average molecular weight is 266 g/mol. The fourth-order valence-corrected chi connectivity index (χ4v) is 3.38. The van der Waals surface area contributed by atoms with Crippen LogP contribution in [0.5, 0.6) is 0 Å². The Kier molecular flexibility index (Phi) is 3.32. The van der Waals surface area contributed by atoms with Crippen LogP contribution in [-0.4, -0.2) is 45.4 Å². The molecule has 3 N–H and O–H groups in total. The van der Waals surface area contributed by atoms with Gasteiger partial charge in [0.15, 0.2) is 5.82 Å². The van der Waals surface area contributed by atoms with Crippen LogP contribution in [-0.2, 0) is 0 Å². The minimum atomic E-state index is -0.679. The highest BCUT2D eigenvalue weighted by Gasteiger charge is 2.40. The molecule has 0 radical (unpaired) electrons. The van der Waals surface area contributed by atoms with Gasteiger partial charge in [0.25, 0.3) is 0 Å². The maximum absolute atomic E-state index is 9.46. The van der Waals surface area contributed by atoms with Crippen molar-refractivity contribution in [3.63, 3.8) is 0 Å². The zero-order valence-corrected chi connectivity index (χ0v) is 11.5. The van der Waals surface area contributed by atoms with Crippen molar-refractivity contribution in [3.05, 3.63) is 11.7 Å². The molecule has 2 unspecified atom stereocenters. The Bertz CT molecular complexity index is 434. The molecular formula is C13H22N4O2. The van der Waals surface area contributed by atoms with E-state index in [0.717, 1.165) is 18.7 Å². The first kappa shape index (κ1) is 13.0. The average Bonchev–Trinajstić information content (AvgIpc) is 2.92. The van der Waals surface area contributed by atoms with Crippen LogP contribution in [0.1, 0.15) is 56.3 Å². The van der Waals surface area contributed by atoms with Crippen LogP contribution in [0.2, 0.25) is 0 Å². The summed E-state index contributed by atoms with van der Waals surface area (Å²) in [5.41, 5.74) is 5.82. The van der Waals surface area contributed by atoms with Crippen molar-refractivity contribution in [2.75, 3.05) is 7.05 Å². The molecule has 3 heterocycles. The number of aliphatic hydroxyl groups excluding tert-OH is 1. The zero-order valence-electron chi connectivity index (χ0n) is 11.5. The summed E-state index contributed by atoms with van der Waals surface area (Å²) in [5, 5.41) is 13.5. The number of hydrogen-bond donors (Lipinski definition) is 2. The van der Waals surface area contributed by atoms with Gasteiger partial charge in [0, 0.05) is 18.0 Å². The summed E-state index contributed by atoms with van der Waals surface area (Å²) >= 11 is 0. The lowest BCUT2D eigenvalue weighted by molar-refractivity contribution is 0.145. The Morgan fingerprint density at radius 3 is 2.58 bits per heavy atom. The molecular weight excluding hydrogens is 244 g/mol. The molecule has 4 atom stereocenters. The monoisotopic (exact) mass is 266 g/mol. The van der Waals surface area contributed by atoms with Crippen LogP contribution in [0.4, 0.5) is 0 Å². The van der Waals surface area contributed by atoms with Gasteiger partial charge in [-0.05, 0) is 39.7 Å². The fraction of sp³-hybridized carbons (Fsp3) is 0.846. The smallest absolute Gasteiger partial charge is 0.246 e. The minimum Gasteiger partial charge on any atom is -0.391 e. The summed E-state index contributed by atoms with van der Waals surface area (Å²) in [6.45, 7) is 1.63. The van der Waals surface area contributed by atoms with Crippen LogP contribution in [0.3, 0.4) is 0 Å². The van der Waals surface area contributed by atoms with Crippen molar-refractivity contribution >= 4 is 0 Å². The van der Waals surface area contributed by atoms with E-state index in [4.69, 9.17) is 10.3 Å². The summed E-state index contributed by atoms with van der Waals surface area (Å²) in [4.78, 5) is 6.88. The maximum atomic E-state index is 9.46. The predicted octanol–water partition coefficient (Wildman–Crippen LogP) is 0.790. The molecule has 106 valence electrons. The van der Waals surface area contributed by atoms with Gasteiger partial charge >= 0.3 is 0 Å². The predicted molar refractivity (Wildman–Crippen MR) is 69.5 cm³/mol. The van der Waals surface area contributed by atoms with Crippen molar-refractivity contribution in [1.82, 2.24) is 15.0 Å². The van der Waals surface area contributed by atoms with Crippen LogP contribution >= 0.6 is 0 Å². The Hall–Kier alpha value is -0.980. The van der Waals surface area contributed by atoms with Crippen molar-refractivity contribution in [2.45, 2.75) is 62.8 Å². The van der Waals surface area contributed by atoms with Crippen molar-refractivity contribution in [3.8, 4) is 0 Å². The first-order valence-corrected chi connectivity index (χ1v) is 7.05. The minimum absolute atomic E-state index is 0.344. The second kappa shape index (κ2) is 4.85. The van der Waals surface area contributed by atoms with Crippen LogP contribution < -0.4 is 5.73 Å². The van der Waals surface area contributed by atoms with Gasteiger partial charge in [-0.2, -0.15) is 4.98 Å². The third-order valence-electron chi connectivity index (χ3n) is 4.73. The lowest BCUT2D eigenvalue weighted by atomic mass is 9.90. The zero-order chi connectivity index (χ0) is 13.6. The summed E-state index contributed by atoms with van der Waals surface area (Å²) < 4.78 is 5.20. The number of aliphatic hydroxyl groups is 1. The SMILES string of the molecule is C[C@@H](O)[C@H](N)c1nc(C2CC3CCC(C2)N3C)no1. The molecule has 6 nitrogen and oxygen atoms in total. The number of nitrogens with two attached hydrogens (primary N) is 1. The van der Waals surface area contributed by atoms with Crippen LogP contribution in [0, 0.1) is 0 Å². The lowest BCUT2D eigenvalue weighted by Gasteiger charge is -2.34. The van der Waals surface area contributed by atoms with Gasteiger partial charge in [0.2, 0.25) is 5.89 Å². The van der Waals surface area contributed by atoms with Gasteiger partial charge in [0.1, 0.15) is 6.04 Å². The number of piperidine rings is 1. The molecule has 2 bridgehead atoms. The second-order valence-electron chi connectivity index (χ2n) is 5.98. The maximum Gasteiger partial charge on any atom is 0.246 e.